The molecule has 106 heavy (non-hydrogen) atoms. The SMILES string of the molecule is CCCCCCCCCCCCCCCCCCCCCC(=O)OC[C@H](COP(=O)(O)OC[C@@H](O)COP(=O)(O)OC[C@@H](COC(=O)CCCCCCCCCC(C)C)OC(=O)CCCCCCCCCCCCCCCCCCCC)OC(=O)CCCCCCCCCCCCCCCCCCC(C)C. The number of unbranched alkanes of at least 4 members (excludes halogenated alkanes) is 56. The average molecular weight is 1550 g/mol. The molecule has 0 aliphatic rings. The standard InChI is InChI=1S/C87H170O17P2/c1-7-9-11-13-15-17-19-21-23-25-27-29-33-37-41-45-51-57-63-69-84(89)97-75-82(103-86(91)71-66-60-53-47-43-39-35-31-30-32-36-40-44-49-55-61-67-79(3)4)77-101-105(93,94)99-73-81(88)74-100-106(95,96)102-78-83(76-98-85(90)70-64-58-54-48-50-56-62-68-80(5)6)104-87(92)72-65-59-52-46-42-38-34-28-26-24-22-20-18-16-14-12-10-8-2/h79-83,88H,7-78H2,1-6H3,(H,93,94)(H,95,96)/t81-,82-,83-/m1/s1. The molecule has 0 heterocycles. The number of phosphoric acid groups is 2. The fourth-order valence-electron chi connectivity index (χ4n) is 13.6. The molecule has 0 aliphatic heterocycles. The van der Waals surface area contributed by atoms with Gasteiger partial charge in [0.15, 0.2) is 12.2 Å². The third kappa shape index (κ3) is 80.1. The summed E-state index contributed by atoms with van der Waals surface area (Å²) in [5.74, 6) is -0.587. The number of ether oxygens (including phenoxy) is 4. The number of aliphatic hydroxyl groups excluding tert-OH is 1. The highest BCUT2D eigenvalue weighted by atomic mass is 31.2. The molecule has 17 nitrogen and oxygen atoms in total. The van der Waals surface area contributed by atoms with Gasteiger partial charge in [-0.1, -0.05) is 414 Å². The van der Waals surface area contributed by atoms with Crippen molar-refractivity contribution in [3.8, 4) is 0 Å². The second-order valence-electron chi connectivity index (χ2n) is 32.2. The first-order chi connectivity index (χ1) is 51.4. The number of carbonyl (C=O) groups is 4. The number of phosphoric ester groups is 2. The summed E-state index contributed by atoms with van der Waals surface area (Å²) < 4.78 is 68.9. The van der Waals surface area contributed by atoms with Gasteiger partial charge in [0.25, 0.3) is 0 Å². The first-order valence-electron chi connectivity index (χ1n) is 45.0. The molecule has 19 heteroatoms. The Morgan fingerprint density at radius 1 is 0.255 bits per heavy atom. The highest BCUT2D eigenvalue weighted by molar-refractivity contribution is 7.47. The lowest BCUT2D eigenvalue weighted by molar-refractivity contribution is -0.161. The van der Waals surface area contributed by atoms with E-state index in [1.165, 1.54) is 276 Å². The molecule has 0 aromatic carbocycles. The van der Waals surface area contributed by atoms with Gasteiger partial charge in [-0.2, -0.15) is 0 Å². The van der Waals surface area contributed by atoms with E-state index in [0.29, 0.717) is 31.6 Å². The van der Waals surface area contributed by atoms with E-state index in [2.05, 4.69) is 41.5 Å². The van der Waals surface area contributed by atoms with Crippen molar-refractivity contribution in [2.24, 2.45) is 11.8 Å². The third-order valence-corrected chi connectivity index (χ3v) is 22.4. The van der Waals surface area contributed by atoms with Crippen LogP contribution in [0.5, 0.6) is 0 Å². The molecule has 0 amide bonds. The van der Waals surface area contributed by atoms with E-state index in [1.807, 2.05) is 0 Å². The summed E-state index contributed by atoms with van der Waals surface area (Å²) in [4.78, 5) is 73.2. The molecule has 0 spiro atoms. The Hall–Kier alpha value is -1.94. The zero-order valence-corrected chi connectivity index (χ0v) is 71.5. The summed E-state index contributed by atoms with van der Waals surface area (Å²) in [5.41, 5.74) is 0. The van der Waals surface area contributed by atoms with Crippen molar-refractivity contribution in [1.82, 2.24) is 0 Å². The van der Waals surface area contributed by atoms with E-state index in [9.17, 15) is 43.2 Å². The number of hydrogen-bond donors (Lipinski definition) is 3. The molecule has 3 N–H and O–H groups in total. The molecule has 0 fully saturated rings. The van der Waals surface area contributed by atoms with Crippen molar-refractivity contribution in [3.05, 3.63) is 0 Å². The van der Waals surface area contributed by atoms with Gasteiger partial charge in [0.1, 0.15) is 19.3 Å². The summed E-state index contributed by atoms with van der Waals surface area (Å²) in [5, 5.41) is 10.7. The molecule has 0 radical (unpaired) electrons. The van der Waals surface area contributed by atoms with Crippen LogP contribution >= 0.6 is 15.6 Å². The first kappa shape index (κ1) is 104. The Labute approximate surface area is 651 Å². The summed E-state index contributed by atoms with van der Waals surface area (Å²) in [6, 6.07) is 0. The highest BCUT2D eigenvalue weighted by Crippen LogP contribution is 2.45. The Kier molecular flexibility index (Phi) is 76.9. The van der Waals surface area contributed by atoms with Crippen LogP contribution in [-0.2, 0) is 65.4 Å². The lowest BCUT2D eigenvalue weighted by Crippen LogP contribution is -2.30. The average Bonchev–Trinajstić information content (AvgIpc) is 0.901. The maximum Gasteiger partial charge on any atom is 0.472 e. The predicted molar refractivity (Wildman–Crippen MR) is 437 cm³/mol. The van der Waals surface area contributed by atoms with E-state index >= 15 is 0 Å². The molecule has 0 aliphatic carbocycles. The molecule has 0 rings (SSSR count). The number of hydrogen-bond acceptors (Lipinski definition) is 15. The second kappa shape index (κ2) is 78.3. The summed E-state index contributed by atoms with van der Waals surface area (Å²) in [7, 11) is -9.93. The number of carbonyl (C=O) groups excluding carboxylic acids is 4. The van der Waals surface area contributed by atoms with Crippen molar-refractivity contribution in [1.29, 1.82) is 0 Å². The number of esters is 4. The quantitative estimate of drug-likeness (QED) is 0.0222. The monoisotopic (exact) mass is 1550 g/mol. The van der Waals surface area contributed by atoms with E-state index in [0.717, 1.165) is 102 Å². The van der Waals surface area contributed by atoms with Gasteiger partial charge in [-0.25, -0.2) is 9.13 Å². The predicted octanol–water partition coefficient (Wildman–Crippen LogP) is 26.6. The fourth-order valence-corrected chi connectivity index (χ4v) is 15.2. The molecule has 0 saturated heterocycles. The van der Waals surface area contributed by atoms with Gasteiger partial charge in [-0.3, -0.25) is 37.3 Å². The van der Waals surface area contributed by atoms with Gasteiger partial charge in [0, 0.05) is 25.7 Å². The molecule has 0 aromatic rings. The zero-order valence-electron chi connectivity index (χ0n) is 69.7. The van der Waals surface area contributed by atoms with Crippen LogP contribution in [0.4, 0.5) is 0 Å². The van der Waals surface area contributed by atoms with Crippen LogP contribution in [0.2, 0.25) is 0 Å². The molecule has 2 unspecified atom stereocenters. The van der Waals surface area contributed by atoms with Crippen LogP contribution in [0, 0.1) is 11.8 Å². The maximum absolute atomic E-state index is 13.2. The van der Waals surface area contributed by atoms with Crippen molar-refractivity contribution < 1.29 is 80.2 Å². The number of rotatable bonds is 86. The minimum atomic E-state index is -4.97. The fraction of sp³-hybridized carbons (Fsp3) is 0.954. The highest BCUT2D eigenvalue weighted by Gasteiger charge is 2.30. The molecule has 5 atom stereocenters. The van der Waals surface area contributed by atoms with Crippen LogP contribution in [-0.4, -0.2) is 96.7 Å². The minimum Gasteiger partial charge on any atom is -0.462 e. The van der Waals surface area contributed by atoms with Gasteiger partial charge in [-0.15, -0.1) is 0 Å². The third-order valence-electron chi connectivity index (χ3n) is 20.5. The van der Waals surface area contributed by atoms with E-state index < -0.39 is 97.5 Å². The number of aliphatic hydroxyl groups is 1. The lowest BCUT2D eigenvalue weighted by Gasteiger charge is -2.21. The van der Waals surface area contributed by atoms with Gasteiger partial charge < -0.3 is 33.8 Å². The molecule has 630 valence electrons. The Bertz CT molecular complexity index is 2030. The lowest BCUT2D eigenvalue weighted by atomic mass is 10.0. The maximum atomic E-state index is 13.2. The van der Waals surface area contributed by atoms with Gasteiger partial charge in [0.2, 0.25) is 0 Å². The van der Waals surface area contributed by atoms with Gasteiger partial charge in [0.05, 0.1) is 26.4 Å². The minimum absolute atomic E-state index is 0.108. The first-order valence-corrected chi connectivity index (χ1v) is 48.0. The molecule has 0 bridgehead atoms. The summed E-state index contributed by atoms with van der Waals surface area (Å²) in [6.07, 6.45) is 71.0. The smallest absolute Gasteiger partial charge is 0.462 e. The van der Waals surface area contributed by atoms with Crippen LogP contribution in [0.15, 0.2) is 0 Å². The zero-order chi connectivity index (χ0) is 77.8. The van der Waals surface area contributed by atoms with E-state index in [-0.39, 0.29) is 25.7 Å². The van der Waals surface area contributed by atoms with Crippen LogP contribution in [0.1, 0.15) is 465 Å². The van der Waals surface area contributed by atoms with Crippen molar-refractivity contribution in [2.45, 2.75) is 484 Å². The topological polar surface area (TPSA) is 237 Å². The van der Waals surface area contributed by atoms with Crippen molar-refractivity contribution >= 4 is 39.5 Å². The normalized spacial score (nSPS) is 13.8. The van der Waals surface area contributed by atoms with Gasteiger partial charge >= 0.3 is 39.5 Å². The summed E-state index contributed by atoms with van der Waals surface area (Å²) in [6.45, 7) is 9.66. The van der Waals surface area contributed by atoms with Crippen molar-refractivity contribution in [3.63, 3.8) is 0 Å². The Morgan fingerprint density at radius 2 is 0.434 bits per heavy atom. The Morgan fingerprint density at radius 3 is 0.642 bits per heavy atom. The second-order valence-corrected chi connectivity index (χ2v) is 35.1. The van der Waals surface area contributed by atoms with Crippen LogP contribution < -0.4 is 0 Å². The van der Waals surface area contributed by atoms with Crippen molar-refractivity contribution in [2.75, 3.05) is 39.6 Å². The molecule has 0 aromatic heterocycles. The van der Waals surface area contributed by atoms with Crippen LogP contribution in [0.3, 0.4) is 0 Å². The Balaban J connectivity index is 5.23. The van der Waals surface area contributed by atoms with E-state index in [4.69, 9.17) is 37.0 Å². The van der Waals surface area contributed by atoms with Gasteiger partial charge in [-0.05, 0) is 37.5 Å². The summed E-state index contributed by atoms with van der Waals surface area (Å²) >= 11 is 0. The molecule has 0 saturated carbocycles. The van der Waals surface area contributed by atoms with E-state index in [1.54, 1.807) is 0 Å². The van der Waals surface area contributed by atoms with Crippen LogP contribution in [0.25, 0.3) is 0 Å². The molecular formula is C87H170O17P2. The molecular weight excluding hydrogens is 1380 g/mol. The largest absolute Gasteiger partial charge is 0.472 e.